The minimum absolute atomic E-state index is 0.00757. The Labute approximate surface area is 83.5 Å². The van der Waals surface area contributed by atoms with Crippen LogP contribution in [0.2, 0.25) is 0 Å². The van der Waals surface area contributed by atoms with Gasteiger partial charge >= 0.3 is 0 Å². The van der Waals surface area contributed by atoms with Crippen molar-refractivity contribution >= 4 is 5.91 Å². The molecular weight excluding hydrogens is 176 g/mol. The van der Waals surface area contributed by atoms with Gasteiger partial charge in [0, 0.05) is 23.9 Å². The molecule has 0 saturated heterocycles. The number of fused-ring (bicyclic) bond motifs is 1. The molecule has 0 atom stereocenters. The van der Waals surface area contributed by atoms with Crippen molar-refractivity contribution in [1.29, 1.82) is 0 Å². The molecule has 1 aromatic heterocycles. The quantitative estimate of drug-likeness (QED) is 0.672. The maximum atomic E-state index is 11.5. The van der Waals surface area contributed by atoms with E-state index in [4.69, 9.17) is 0 Å². The van der Waals surface area contributed by atoms with Crippen LogP contribution in [0.4, 0.5) is 0 Å². The molecule has 74 valence electrons. The Morgan fingerprint density at radius 2 is 2.21 bits per heavy atom. The summed E-state index contributed by atoms with van der Waals surface area (Å²) >= 11 is 0. The molecule has 0 spiro atoms. The van der Waals surface area contributed by atoms with Crippen molar-refractivity contribution in [2.75, 3.05) is 6.54 Å². The van der Waals surface area contributed by atoms with E-state index in [1.165, 1.54) is 0 Å². The highest BCUT2D eigenvalue weighted by molar-refractivity contribution is 5.97. The molecule has 0 unspecified atom stereocenters. The van der Waals surface area contributed by atoms with Crippen molar-refractivity contribution in [3.8, 4) is 0 Å². The standard InChI is InChI=1S/C11H14N2O/c1-7-4-9-8(5-12-7)10(14)13-6-11(9,2)3/h4-5H,6H2,1-3H3,(H,13,14). The number of pyridine rings is 1. The van der Waals surface area contributed by atoms with Crippen LogP contribution in [0.5, 0.6) is 0 Å². The molecule has 0 aliphatic carbocycles. The van der Waals surface area contributed by atoms with E-state index in [2.05, 4.69) is 24.1 Å². The number of carbonyl (C=O) groups excluding carboxylic acids is 1. The molecule has 0 bridgehead atoms. The van der Waals surface area contributed by atoms with Crippen LogP contribution in [0.15, 0.2) is 12.3 Å². The van der Waals surface area contributed by atoms with Crippen molar-refractivity contribution in [3.63, 3.8) is 0 Å². The van der Waals surface area contributed by atoms with E-state index in [9.17, 15) is 4.79 Å². The minimum Gasteiger partial charge on any atom is -0.351 e. The number of rotatable bonds is 0. The molecule has 0 fully saturated rings. The van der Waals surface area contributed by atoms with E-state index in [1.54, 1.807) is 6.20 Å². The normalized spacial score (nSPS) is 18.6. The van der Waals surface area contributed by atoms with Crippen molar-refractivity contribution in [1.82, 2.24) is 10.3 Å². The van der Waals surface area contributed by atoms with E-state index < -0.39 is 0 Å². The Kier molecular flexibility index (Phi) is 1.84. The first-order chi connectivity index (χ1) is 6.50. The lowest BCUT2D eigenvalue weighted by atomic mass is 9.79. The van der Waals surface area contributed by atoms with Crippen LogP contribution in [0.25, 0.3) is 0 Å². The predicted molar refractivity (Wildman–Crippen MR) is 54.3 cm³/mol. The first-order valence-corrected chi connectivity index (χ1v) is 4.76. The summed E-state index contributed by atoms with van der Waals surface area (Å²) in [4.78, 5) is 15.7. The lowest BCUT2D eigenvalue weighted by molar-refractivity contribution is 0.0929. The highest BCUT2D eigenvalue weighted by Crippen LogP contribution is 2.29. The van der Waals surface area contributed by atoms with Gasteiger partial charge in [-0.05, 0) is 18.6 Å². The van der Waals surface area contributed by atoms with Crippen LogP contribution in [0.1, 0.15) is 35.5 Å². The zero-order valence-corrected chi connectivity index (χ0v) is 8.72. The summed E-state index contributed by atoms with van der Waals surface area (Å²) in [6.07, 6.45) is 1.67. The van der Waals surface area contributed by atoms with Gasteiger partial charge in [0.15, 0.2) is 0 Å². The van der Waals surface area contributed by atoms with E-state index in [-0.39, 0.29) is 11.3 Å². The number of aryl methyl sites for hydroxylation is 1. The van der Waals surface area contributed by atoms with Crippen LogP contribution in [0, 0.1) is 6.92 Å². The number of hydrogen-bond donors (Lipinski definition) is 1. The van der Waals surface area contributed by atoms with Crippen LogP contribution < -0.4 is 5.32 Å². The summed E-state index contributed by atoms with van der Waals surface area (Å²) in [6.45, 7) is 6.90. The van der Waals surface area contributed by atoms with Gasteiger partial charge in [-0.3, -0.25) is 9.78 Å². The van der Waals surface area contributed by atoms with Gasteiger partial charge in [-0.25, -0.2) is 0 Å². The van der Waals surface area contributed by atoms with E-state index in [1.807, 2.05) is 13.0 Å². The van der Waals surface area contributed by atoms with E-state index >= 15 is 0 Å². The van der Waals surface area contributed by atoms with Gasteiger partial charge in [-0.15, -0.1) is 0 Å². The van der Waals surface area contributed by atoms with Gasteiger partial charge < -0.3 is 5.32 Å². The highest BCUT2D eigenvalue weighted by atomic mass is 16.1. The van der Waals surface area contributed by atoms with Gasteiger partial charge in [-0.1, -0.05) is 13.8 Å². The second-order valence-electron chi connectivity index (χ2n) is 4.44. The third-order valence-electron chi connectivity index (χ3n) is 2.71. The van der Waals surface area contributed by atoms with Gasteiger partial charge in [0.05, 0.1) is 5.56 Å². The Balaban J connectivity index is 2.64. The number of aromatic nitrogens is 1. The fourth-order valence-electron chi connectivity index (χ4n) is 1.79. The molecule has 2 rings (SSSR count). The van der Waals surface area contributed by atoms with Gasteiger partial charge in [0.25, 0.3) is 5.91 Å². The number of carbonyl (C=O) groups is 1. The summed E-state index contributed by atoms with van der Waals surface area (Å²) in [5.74, 6) is -0.00757. The lowest BCUT2D eigenvalue weighted by Gasteiger charge is -2.32. The molecule has 0 radical (unpaired) electrons. The topological polar surface area (TPSA) is 42.0 Å². The zero-order chi connectivity index (χ0) is 10.3. The van der Waals surface area contributed by atoms with Gasteiger partial charge in [0.1, 0.15) is 0 Å². The Morgan fingerprint density at radius 3 is 2.93 bits per heavy atom. The van der Waals surface area contributed by atoms with E-state index in [0.717, 1.165) is 11.3 Å². The van der Waals surface area contributed by atoms with Gasteiger partial charge in [-0.2, -0.15) is 0 Å². The van der Waals surface area contributed by atoms with Crippen molar-refractivity contribution in [2.45, 2.75) is 26.2 Å². The number of nitrogens with one attached hydrogen (secondary N) is 1. The molecule has 3 heteroatoms. The average molecular weight is 190 g/mol. The fourth-order valence-corrected chi connectivity index (χ4v) is 1.79. The van der Waals surface area contributed by atoms with Gasteiger partial charge in [0.2, 0.25) is 0 Å². The van der Waals surface area contributed by atoms with E-state index in [0.29, 0.717) is 12.1 Å². The summed E-state index contributed by atoms with van der Waals surface area (Å²) in [6, 6.07) is 2.01. The monoisotopic (exact) mass is 190 g/mol. The van der Waals surface area contributed by atoms with Crippen LogP contribution in [-0.2, 0) is 5.41 Å². The smallest absolute Gasteiger partial charge is 0.253 e. The number of hydrogen-bond acceptors (Lipinski definition) is 2. The average Bonchev–Trinajstić information content (AvgIpc) is 2.12. The lowest BCUT2D eigenvalue weighted by Crippen LogP contribution is -2.43. The van der Waals surface area contributed by atoms with Crippen LogP contribution in [-0.4, -0.2) is 17.4 Å². The number of nitrogens with zero attached hydrogens (tertiary/aromatic N) is 1. The highest BCUT2D eigenvalue weighted by Gasteiger charge is 2.31. The van der Waals surface area contributed by atoms with Crippen LogP contribution >= 0.6 is 0 Å². The third kappa shape index (κ3) is 1.29. The first-order valence-electron chi connectivity index (χ1n) is 4.76. The maximum Gasteiger partial charge on any atom is 0.253 e. The molecule has 1 amide bonds. The Hall–Kier alpha value is -1.38. The van der Waals surface area contributed by atoms with Crippen molar-refractivity contribution in [2.24, 2.45) is 0 Å². The first kappa shape index (κ1) is 9.19. The molecule has 14 heavy (non-hydrogen) atoms. The summed E-state index contributed by atoms with van der Waals surface area (Å²) in [5.41, 5.74) is 2.80. The maximum absolute atomic E-state index is 11.5. The van der Waals surface area contributed by atoms with Crippen LogP contribution in [0.3, 0.4) is 0 Å². The molecule has 1 aromatic rings. The molecule has 1 N–H and O–H groups in total. The van der Waals surface area contributed by atoms with Crippen molar-refractivity contribution in [3.05, 3.63) is 29.1 Å². The van der Waals surface area contributed by atoms with Crippen molar-refractivity contribution < 1.29 is 4.79 Å². The summed E-state index contributed by atoms with van der Waals surface area (Å²) in [5, 5.41) is 2.87. The SMILES string of the molecule is Cc1cc2c(cn1)C(=O)NCC2(C)C. The largest absolute Gasteiger partial charge is 0.351 e. The molecule has 0 aromatic carbocycles. The molecule has 1 aliphatic heterocycles. The zero-order valence-electron chi connectivity index (χ0n) is 8.72. The predicted octanol–water partition coefficient (Wildman–Crippen LogP) is 1.41. The number of amides is 1. The third-order valence-corrected chi connectivity index (χ3v) is 2.71. The Morgan fingerprint density at radius 1 is 1.50 bits per heavy atom. The molecular formula is C11H14N2O. The Bertz CT molecular complexity index is 396. The molecule has 2 heterocycles. The molecule has 1 aliphatic rings. The molecule has 0 saturated carbocycles. The second kappa shape index (κ2) is 2.80. The molecule has 3 nitrogen and oxygen atoms in total. The summed E-state index contributed by atoms with van der Waals surface area (Å²) < 4.78 is 0. The fraction of sp³-hybridized carbons (Fsp3) is 0.455. The second-order valence-corrected chi connectivity index (χ2v) is 4.44. The minimum atomic E-state index is -0.00757. The summed E-state index contributed by atoms with van der Waals surface area (Å²) in [7, 11) is 0.